The standard InChI is InChI=1S/C24H26O7/c1-24(2,23(26)30-14-7-5-8-14)31-20-16(11-12-19(27-3)21(20)28-4)15-9-6-10-17-18(15)13-29-22(17)25/h6,9-12,14H,5,7-8,13H2,1-4H3. The van der Waals surface area contributed by atoms with E-state index in [9.17, 15) is 9.59 Å². The van der Waals surface area contributed by atoms with Crippen LogP contribution in [0, 0.1) is 0 Å². The number of carbonyl (C=O) groups excluding carboxylic acids is 2. The summed E-state index contributed by atoms with van der Waals surface area (Å²) in [5.74, 6) is 0.357. The van der Waals surface area contributed by atoms with E-state index in [1.807, 2.05) is 12.1 Å². The SMILES string of the molecule is COc1ccc(-c2cccc3c2COC3=O)c(OC(C)(C)C(=O)OC2CCC2)c1OC. The van der Waals surface area contributed by atoms with Crippen LogP contribution in [0.4, 0.5) is 0 Å². The highest BCUT2D eigenvalue weighted by Crippen LogP contribution is 2.47. The number of rotatable bonds is 7. The molecule has 31 heavy (non-hydrogen) atoms. The van der Waals surface area contributed by atoms with E-state index < -0.39 is 11.6 Å². The van der Waals surface area contributed by atoms with Crippen molar-refractivity contribution in [3.63, 3.8) is 0 Å². The van der Waals surface area contributed by atoms with E-state index in [4.69, 9.17) is 23.7 Å². The predicted molar refractivity (Wildman–Crippen MR) is 113 cm³/mol. The number of methoxy groups -OCH3 is 2. The van der Waals surface area contributed by atoms with Gasteiger partial charge in [0.25, 0.3) is 0 Å². The van der Waals surface area contributed by atoms with Crippen LogP contribution in [0.2, 0.25) is 0 Å². The Balaban J connectivity index is 1.79. The first kappa shape index (κ1) is 21.0. The van der Waals surface area contributed by atoms with Gasteiger partial charge in [-0.2, -0.15) is 0 Å². The van der Waals surface area contributed by atoms with Gasteiger partial charge in [0.2, 0.25) is 5.75 Å². The Labute approximate surface area is 181 Å². The number of fused-ring (bicyclic) bond motifs is 1. The van der Waals surface area contributed by atoms with Gasteiger partial charge in [0.15, 0.2) is 17.1 Å². The summed E-state index contributed by atoms with van der Waals surface area (Å²) in [5, 5.41) is 0. The molecule has 2 aliphatic rings. The second-order valence-electron chi connectivity index (χ2n) is 8.16. The van der Waals surface area contributed by atoms with Crippen molar-refractivity contribution in [2.45, 2.75) is 51.4 Å². The molecular formula is C24H26O7. The minimum Gasteiger partial charge on any atom is -0.493 e. The molecule has 0 bridgehead atoms. The molecule has 0 aromatic heterocycles. The third kappa shape index (κ3) is 3.80. The summed E-state index contributed by atoms with van der Waals surface area (Å²) >= 11 is 0. The van der Waals surface area contributed by atoms with Crippen LogP contribution in [0.1, 0.15) is 49.0 Å². The summed E-state index contributed by atoms with van der Waals surface area (Å²) in [5.41, 5.74) is 1.44. The van der Waals surface area contributed by atoms with Crippen LogP contribution < -0.4 is 14.2 Å². The van der Waals surface area contributed by atoms with Crippen LogP contribution in [0.15, 0.2) is 30.3 Å². The number of hydrogen-bond acceptors (Lipinski definition) is 7. The molecule has 0 saturated heterocycles. The van der Waals surface area contributed by atoms with Crippen molar-refractivity contribution in [3.8, 4) is 28.4 Å². The molecule has 2 aromatic rings. The maximum absolute atomic E-state index is 12.8. The zero-order valence-electron chi connectivity index (χ0n) is 18.2. The number of benzene rings is 2. The van der Waals surface area contributed by atoms with E-state index in [1.165, 1.54) is 14.2 Å². The predicted octanol–water partition coefficient (Wildman–Crippen LogP) is 4.29. The van der Waals surface area contributed by atoms with Crippen molar-refractivity contribution in [1.82, 2.24) is 0 Å². The first-order chi connectivity index (χ1) is 14.9. The number of carbonyl (C=O) groups is 2. The summed E-state index contributed by atoms with van der Waals surface area (Å²) in [7, 11) is 3.04. The highest BCUT2D eigenvalue weighted by Gasteiger charge is 2.38. The third-order valence-corrected chi connectivity index (χ3v) is 5.71. The summed E-state index contributed by atoms with van der Waals surface area (Å²) in [6.45, 7) is 3.50. The smallest absolute Gasteiger partial charge is 0.350 e. The molecule has 4 rings (SSSR count). The molecule has 1 heterocycles. The second kappa shape index (κ2) is 8.13. The zero-order valence-corrected chi connectivity index (χ0v) is 18.2. The van der Waals surface area contributed by atoms with Gasteiger partial charge in [-0.15, -0.1) is 0 Å². The van der Waals surface area contributed by atoms with Gasteiger partial charge in [0.1, 0.15) is 12.7 Å². The van der Waals surface area contributed by atoms with Crippen molar-refractivity contribution in [2.75, 3.05) is 14.2 Å². The van der Waals surface area contributed by atoms with Gasteiger partial charge in [-0.3, -0.25) is 0 Å². The molecule has 0 radical (unpaired) electrons. The van der Waals surface area contributed by atoms with Gasteiger partial charge in [-0.25, -0.2) is 9.59 Å². The normalized spacial score (nSPS) is 15.5. The fourth-order valence-corrected chi connectivity index (χ4v) is 3.69. The van der Waals surface area contributed by atoms with E-state index in [1.54, 1.807) is 32.0 Å². The van der Waals surface area contributed by atoms with Crippen molar-refractivity contribution < 1.29 is 33.3 Å². The Bertz CT molecular complexity index is 1020. The van der Waals surface area contributed by atoms with Crippen molar-refractivity contribution in [2.24, 2.45) is 0 Å². The van der Waals surface area contributed by atoms with Gasteiger partial charge in [0.05, 0.1) is 19.8 Å². The van der Waals surface area contributed by atoms with E-state index >= 15 is 0 Å². The lowest BCUT2D eigenvalue weighted by atomic mass is 9.95. The largest absolute Gasteiger partial charge is 0.493 e. The monoisotopic (exact) mass is 426 g/mol. The van der Waals surface area contributed by atoms with Crippen molar-refractivity contribution in [3.05, 3.63) is 41.5 Å². The van der Waals surface area contributed by atoms with Gasteiger partial charge < -0.3 is 23.7 Å². The van der Waals surface area contributed by atoms with Crippen molar-refractivity contribution in [1.29, 1.82) is 0 Å². The molecular weight excluding hydrogens is 400 g/mol. The fourth-order valence-electron chi connectivity index (χ4n) is 3.69. The number of esters is 2. The summed E-state index contributed by atoms with van der Waals surface area (Å²) in [6.07, 6.45) is 2.76. The molecule has 1 fully saturated rings. The molecule has 0 unspecified atom stereocenters. The first-order valence-corrected chi connectivity index (χ1v) is 10.3. The molecule has 2 aromatic carbocycles. The quantitative estimate of drug-likeness (QED) is 0.611. The van der Waals surface area contributed by atoms with Gasteiger partial charge in [0, 0.05) is 11.1 Å². The lowest BCUT2D eigenvalue weighted by molar-refractivity contribution is -0.168. The van der Waals surface area contributed by atoms with Gasteiger partial charge >= 0.3 is 11.9 Å². The molecule has 1 aliphatic heterocycles. The Hall–Kier alpha value is -3.22. The van der Waals surface area contributed by atoms with E-state index in [0.29, 0.717) is 28.4 Å². The molecule has 0 N–H and O–H groups in total. The minimum absolute atomic E-state index is 0.0531. The first-order valence-electron chi connectivity index (χ1n) is 10.3. The molecule has 1 saturated carbocycles. The van der Waals surface area contributed by atoms with Gasteiger partial charge in [-0.1, -0.05) is 12.1 Å². The minimum atomic E-state index is -1.27. The molecule has 0 atom stereocenters. The Kier molecular flexibility index (Phi) is 5.52. The third-order valence-electron chi connectivity index (χ3n) is 5.71. The lowest BCUT2D eigenvalue weighted by Crippen LogP contribution is -2.43. The average Bonchev–Trinajstić information content (AvgIpc) is 3.11. The van der Waals surface area contributed by atoms with Crippen LogP contribution in [0.5, 0.6) is 17.2 Å². The van der Waals surface area contributed by atoms with Crippen molar-refractivity contribution >= 4 is 11.9 Å². The maximum Gasteiger partial charge on any atom is 0.350 e. The Morgan fingerprint density at radius 1 is 1.00 bits per heavy atom. The molecule has 7 heteroatoms. The van der Waals surface area contributed by atoms with E-state index in [2.05, 4.69) is 0 Å². The van der Waals surface area contributed by atoms with Crippen LogP contribution in [0.3, 0.4) is 0 Å². The zero-order chi connectivity index (χ0) is 22.2. The maximum atomic E-state index is 12.8. The molecule has 1 aliphatic carbocycles. The fraction of sp³-hybridized carbons (Fsp3) is 0.417. The van der Waals surface area contributed by atoms with Crippen LogP contribution in [-0.2, 0) is 20.9 Å². The van der Waals surface area contributed by atoms with Crippen LogP contribution >= 0.6 is 0 Å². The molecule has 7 nitrogen and oxygen atoms in total. The van der Waals surface area contributed by atoms with Gasteiger partial charge in [-0.05, 0) is 56.9 Å². The molecule has 164 valence electrons. The second-order valence-corrected chi connectivity index (χ2v) is 8.16. The van der Waals surface area contributed by atoms with Crippen LogP contribution in [-0.4, -0.2) is 37.9 Å². The number of cyclic esters (lactones) is 1. The van der Waals surface area contributed by atoms with Crippen LogP contribution in [0.25, 0.3) is 11.1 Å². The lowest BCUT2D eigenvalue weighted by Gasteiger charge is -2.32. The molecule has 0 amide bonds. The summed E-state index contributed by atoms with van der Waals surface area (Å²) < 4.78 is 28.1. The Morgan fingerprint density at radius 3 is 2.39 bits per heavy atom. The highest BCUT2D eigenvalue weighted by atomic mass is 16.6. The topological polar surface area (TPSA) is 80.3 Å². The molecule has 0 spiro atoms. The highest BCUT2D eigenvalue weighted by molar-refractivity contribution is 5.96. The Morgan fingerprint density at radius 2 is 1.74 bits per heavy atom. The number of ether oxygens (including phenoxy) is 5. The average molecular weight is 426 g/mol. The summed E-state index contributed by atoms with van der Waals surface area (Å²) in [4.78, 5) is 24.9. The summed E-state index contributed by atoms with van der Waals surface area (Å²) in [6, 6.07) is 8.99. The number of hydrogen-bond donors (Lipinski definition) is 0. The van der Waals surface area contributed by atoms with E-state index in [-0.39, 0.29) is 18.7 Å². The van der Waals surface area contributed by atoms with E-state index in [0.717, 1.165) is 30.4 Å².